The zero-order valence-corrected chi connectivity index (χ0v) is 20.8. The molecule has 0 fully saturated rings. The third-order valence-corrected chi connectivity index (χ3v) is 7.34. The van der Waals surface area contributed by atoms with Gasteiger partial charge in [0.05, 0.1) is 16.0 Å². The Morgan fingerprint density at radius 3 is 2.58 bits per heavy atom. The van der Waals surface area contributed by atoms with Crippen molar-refractivity contribution in [3.8, 4) is 33.4 Å². The molecule has 0 atom stereocenters. The zero-order chi connectivity index (χ0) is 25.2. The van der Waals surface area contributed by atoms with Crippen molar-refractivity contribution in [2.45, 2.75) is 6.92 Å². The molecular weight excluding hydrogens is 501 g/mol. The van der Waals surface area contributed by atoms with Crippen LogP contribution >= 0.6 is 22.7 Å². The Bertz CT molecular complexity index is 1550. The number of thiazole rings is 1. The van der Waals surface area contributed by atoms with Crippen molar-refractivity contribution in [1.29, 1.82) is 0 Å². The van der Waals surface area contributed by atoms with E-state index in [1.165, 1.54) is 34.8 Å². The molecule has 4 aromatic heterocycles. The average molecular weight is 522 g/mol. The van der Waals surface area contributed by atoms with Crippen molar-refractivity contribution in [2.24, 2.45) is 0 Å². The molecule has 5 rings (SSSR count). The molecule has 1 aromatic carbocycles. The number of aryl methyl sites for hydroxylation is 1. The molecule has 0 aliphatic rings. The first kappa shape index (κ1) is 23.6. The second-order valence-corrected chi connectivity index (χ2v) is 9.65. The molecule has 182 valence electrons. The average Bonchev–Trinajstić information content (AvgIpc) is 3.66. The Morgan fingerprint density at radius 1 is 1.08 bits per heavy atom. The molecule has 3 N–H and O–H groups in total. The number of furan rings is 2. The number of amides is 1. The SMILES string of the molecule is CN/C(C(=O)Nc1nc(-c2ccc(-c3ccc(F)cc3)o2)cs1)=C(/O)c1sc(-c2ccco2)cc1C. The lowest BCUT2D eigenvalue weighted by atomic mass is 10.2. The lowest BCUT2D eigenvalue weighted by Crippen LogP contribution is -2.24. The summed E-state index contributed by atoms with van der Waals surface area (Å²) in [7, 11) is 1.56. The summed E-state index contributed by atoms with van der Waals surface area (Å²) in [5, 5.41) is 18.5. The van der Waals surface area contributed by atoms with Gasteiger partial charge in [0.1, 0.15) is 28.7 Å². The second-order valence-electron chi connectivity index (χ2n) is 7.74. The number of anilines is 1. The Labute approximate surface area is 213 Å². The number of thiophene rings is 1. The van der Waals surface area contributed by atoms with Crippen LogP contribution in [0.15, 0.2) is 80.8 Å². The van der Waals surface area contributed by atoms with Gasteiger partial charge in [-0.2, -0.15) is 0 Å². The summed E-state index contributed by atoms with van der Waals surface area (Å²) in [6.07, 6.45) is 1.58. The van der Waals surface area contributed by atoms with Crippen LogP contribution in [0.1, 0.15) is 10.4 Å². The Kier molecular flexibility index (Phi) is 6.45. The lowest BCUT2D eigenvalue weighted by molar-refractivity contribution is -0.113. The summed E-state index contributed by atoms with van der Waals surface area (Å²) in [5.74, 6) is 0.760. The van der Waals surface area contributed by atoms with Gasteiger partial charge in [0.2, 0.25) is 0 Å². The van der Waals surface area contributed by atoms with Gasteiger partial charge in [-0.25, -0.2) is 9.37 Å². The van der Waals surface area contributed by atoms with Crippen LogP contribution in [0.3, 0.4) is 0 Å². The molecule has 0 aliphatic heterocycles. The maximum absolute atomic E-state index is 13.2. The number of aliphatic hydroxyl groups is 1. The normalized spacial score (nSPS) is 11.9. The monoisotopic (exact) mass is 521 g/mol. The summed E-state index contributed by atoms with van der Waals surface area (Å²) < 4.78 is 24.5. The number of benzene rings is 1. The number of rotatable bonds is 7. The van der Waals surface area contributed by atoms with E-state index in [4.69, 9.17) is 8.83 Å². The van der Waals surface area contributed by atoms with Crippen LogP contribution in [0.2, 0.25) is 0 Å². The van der Waals surface area contributed by atoms with Crippen molar-refractivity contribution in [2.75, 3.05) is 12.4 Å². The smallest absolute Gasteiger partial charge is 0.277 e. The van der Waals surface area contributed by atoms with E-state index in [2.05, 4.69) is 15.6 Å². The summed E-state index contributed by atoms with van der Waals surface area (Å²) in [5.41, 5.74) is 2.11. The van der Waals surface area contributed by atoms with E-state index in [0.717, 1.165) is 16.0 Å². The van der Waals surface area contributed by atoms with Crippen LogP contribution in [-0.4, -0.2) is 23.0 Å². The predicted octanol–water partition coefficient (Wildman–Crippen LogP) is 6.92. The molecule has 7 nitrogen and oxygen atoms in total. The number of likely N-dealkylation sites (N-methyl/N-ethyl adjacent to an activating group) is 1. The van der Waals surface area contributed by atoms with Crippen molar-refractivity contribution in [3.63, 3.8) is 0 Å². The highest BCUT2D eigenvalue weighted by molar-refractivity contribution is 7.16. The van der Waals surface area contributed by atoms with Gasteiger partial charge in [0.15, 0.2) is 16.7 Å². The highest BCUT2D eigenvalue weighted by Crippen LogP contribution is 2.36. The van der Waals surface area contributed by atoms with Crippen LogP contribution in [0.4, 0.5) is 9.52 Å². The third kappa shape index (κ3) is 4.68. The maximum Gasteiger partial charge on any atom is 0.277 e. The Balaban J connectivity index is 1.34. The van der Waals surface area contributed by atoms with Gasteiger partial charge in [-0.15, -0.1) is 22.7 Å². The van der Waals surface area contributed by atoms with Crippen molar-refractivity contribution in [3.05, 3.63) is 88.2 Å². The van der Waals surface area contributed by atoms with Gasteiger partial charge in [-0.05, 0) is 67.1 Å². The molecule has 0 saturated heterocycles. The van der Waals surface area contributed by atoms with E-state index in [0.29, 0.717) is 33.0 Å². The molecule has 0 bridgehead atoms. The molecule has 0 saturated carbocycles. The largest absolute Gasteiger partial charge is 0.504 e. The minimum atomic E-state index is -0.533. The van der Waals surface area contributed by atoms with Gasteiger partial charge in [0, 0.05) is 18.0 Å². The zero-order valence-electron chi connectivity index (χ0n) is 19.2. The number of aromatic nitrogens is 1. The fourth-order valence-corrected chi connectivity index (χ4v) is 5.34. The van der Waals surface area contributed by atoms with Crippen molar-refractivity contribution >= 4 is 39.5 Å². The van der Waals surface area contributed by atoms with E-state index in [-0.39, 0.29) is 17.3 Å². The molecule has 4 heterocycles. The molecule has 0 unspecified atom stereocenters. The van der Waals surface area contributed by atoms with Crippen LogP contribution in [0.25, 0.3) is 39.2 Å². The molecule has 0 radical (unpaired) electrons. The predicted molar refractivity (Wildman–Crippen MR) is 139 cm³/mol. The maximum atomic E-state index is 13.2. The number of nitrogens with one attached hydrogen (secondary N) is 2. The number of carbonyl (C=O) groups excluding carboxylic acids is 1. The number of carbonyl (C=O) groups is 1. The highest BCUT2D eigenvalue weighted by atomic mass is 32.1. The molecule has 5 aromatic rings. The van der Waals surface area contributed by atoms with E-state index in [9.17, 15) is 14.3 Å². The van der Waals surface area contributed by atoms with Crippen LogP contribution in [0, 0.1) is 12.7 Å². The molecule has 0 aliphatic carbocycles. The topological polar surface area (TPSA) is 101 Å². The van der Waals surface area contributed by atoms with Crippen LogP contribution in [-0.2, 0) is 4.79 Å². The first-order chi connectivity index (χ1) is 17.4. The number of hydrogen-bond acceptors (Lipinski definition) is 8. The molecule has 0 spiro atoms. The van der Waals surface area contributed by atoms with Gasteiger partial charge in [-0.3, -0.25) is 10.1 Å². The minimum Gasteiger partial charge on any atom is -0.504 e. The number of aliphatic hydroxyl groups excluding tert-OH is 1. The Morgan fingerprint density at radius 2 is 1.86 bits per heavy atom. The number of hydrogen-bond donors (Lipinski definition) is 3. The standard InChI is InChI=1S/C26H20FN3O4S2/c1-14-12-21(20-4-3-11-33-20)36-24(14)23(31)22(28-2)25(32)30-26-29-17(13-35-26)19-10-9-18(34-19)15-5-7-16(27)8-6-15/h3-13,28,31H,1-2H3,(H,29,30,32)/b23-22+. The first-order valence-electron chi connectivity index (χ1n) is 10.8. The highest BCUT2D eigenvalue weighted by Gasteiger charge is 2.21. The van der Waals surface area contributed by atoms with Gasteiger partial charge in [0.25, 0.3) is 5.91 Å². The summed E-state index contributed by atoms with van der Waals surface area (Å²) in [4.78, 5) is 18.8. The quantitative estimate of drug-likeness (QED) is 0.159. The fourth-order valence-electron chi connectivity index (χ4n) is 3.56. The van der Waals surface area contributed by atoms with Crippen LogP contribution < -0.4 is 10.6 Å². The number of nitrogens with zero attached hydrogens (tertiary/aromatic N) is 1. The molecule has 1 amide bonds. The van der Waals surface area contributed by atoms with Gasteiger partial charge in [-0.1, -0.05) is 0 Å². The van der Waals surface area contributed by atoms with E-state index >= 15 is 0 Å². The summed E-state index contributed by atoms with van der Waals surface area (Å²) in [6, 6.07) is 15.1. The van der Waals surface area contributed by atoms with Gasteiger partial charge < -0.3 is 19.3 Å². The summed E-state index contributed by atoms with van der Waals surface area (Å²) >= 11 is 2.55. The van der Waals surface area contributed by atoms with E-state index in [1.807, 2.05) is 19.1 Å². The van der Waals surface area contributed by atoms with Crippen molar-refractivity contribution in [1.82, 2.24) is 10.3 Å². The van der Waals surface area contributed by atoms with Crippen LogP contribution in [0.5, 0.6) is 0 Å². The minimum absolute atomic E-state index is 0.0132. The molecular formula is C26H20FN3O4S2. The fraction of sp³-hybridized carbons (Fsp3) is 0.0769. The van der Waals surface area contributed by atoms with Crippen molar-refractivity contribution < 1.29 is 23.1 Å². The van der Waals surface area contributed by atoms with Gasteiger partial charge >= 0.3 is 0 Å². The summed E-state index contributed by atoms with van der Waals surface area (Å²) in [6.45, 7) is 1.86. The molecule has 10 heteroatoms. The van der Waals surface area contributed by atoms with E-state index in [1.54, 1.807) is 49.0 Å². The first-order valence-corrected chi connectivity index (χ1v) is 12.5. The second kappa shape index (κ2) is 9.84. The number of halogens is 1. The van der Waals surface area contributed by atoms with E-state index < -0.39 is 5.91 Å². The lowest BCUT2D eigenvalue weighted by Gasteiger charge is -2.09. The third-order valence-electron chi connectivity index (χ3n) is 5.32. The molecule has 36 heavy (non-hydrogen) atoms. The Hall–Kier alpha value is -4.15.